The van der Waals surface area contributed by atoms with Gasteiger partial charge in [-0.3, -0.25) is 0 Å². The maximum absolute atomic E-state index is 11.9. The molecule has 17 heavy (non-hydrogen) atoms. The zero-order valence-corrected chi connectivity index (χ0v) is 11.1. The Hall–Kier alpha value is -0.810. The maximum Gasteiger partial charge on any atom is 0.410 e. The Morgan fingerprint density at radius 2 is 2.12 bits per heavy atom. The van der Waals surface area contributed by atoms with Crippen LogP contribution in [0.3, 0.4) is 0 Å². The SMILES string of the molecule is CC(C)(C)OC(=O)N1CC[C@@H](O)[C@@](C)(CO)C1. The van der Waals surface area contributed by atoms with Crippen molar-refractivity contribution >= 4 is 6.09 Å². The van der Waals surface area contributed by atoms with E-state index in [0.29, 0.717) is 19.5 Å². The van der Waals surface area contributed by atoms with Crippen LogP contribution in [-0.2, 0) is 4.74 Å². The van der Waals surface area contributed by atoms with Gasteiger partial charge in [-0.05, 0) is 27.2 Å². The third-order valence-electron chi connectivity index (χ3n) is 3.04. The summed E-state index contributed by atoms with van der Waals surface area (Å²) in [7, 11) is 0. The summed E-state index contributed by atoms with van der Waals surface area (Å²) in [5, 5.41) is 19.1. The van der Waals surface area contributed by atoms with Gasteiger partial charge in [0.05, 0.1) is 12.7 Å². The third-order valence-corrected chi connectivity index (χ3v) is 3.04. The van der Waals surface area contributed by atoms with Crippen LogP contribution in [0.1, 0.15) is 34.1 Å². The molecule has 0 radical (unpaired) electrons. The molecule has 1 amide bonds. The molecule has 0 aromatic carbocycles. The average molecular weight is 245 g/mol. The van der Waals surface area contributed by atoms with Gasteiger partial charge in [-0.25, -0.2) is 4.79 Å². The van der Waals surface area contributed by atoms with Crippen molar-refractivity contribution in [3.63, 3.8) is 0 Å². The van der Waals surface area contributed by atoms with Crippen LogP contribution in [0.15, 0.2) is 0 Å². The minimum Gasteiger partial charge on any atom is -0.444 e. The summed E-state index contributed by atoms with van der Waals surface area (Å²) in [5.74, 6) is 0. The molecular formula is C12H23NO4. The number of nitrogens with zero attached hydrogens (tertiary/aromatic N) is 1. The van der Waals surface area contributed by atoms with Gasteiger partial charge >= 0.3 is 6.09 Å². The Morgan fingerprint density at radius 1 is 1.53 bits per heavy atom. The van der Waals surface area contributed by atoms with Gasteiger partial charge in [0, 0.05) is 18.5 Å². The zero-order chi connectivity index (χ0) is 13.3. The Morgan fingerprint density at radius 3 is 2.59 bits per heavy atom. The first-order chi connectivity index (χ1) is 7.68. The summed E-state index contributed by atoms with van der Waals surface area (Å²) < 4.78 is 5.27. The fourth-order valence-corrected chi connectivity index (χ4v) is 1.88. The highest BCUT2D eigenvalue weighted by Gasteiger charge is 2.40. The van der Waals surface area contributed by atoms with Gasteiger partial charge in [0.1, 0.15) is 5.60 Å². The van der Waals surface area contributed by atoms with E-state index in [0.717, 1.165) is 0 Å². The standard InChI is InChI=1S/C12H23NO4/c1-11(2,3)17-10(16)13-6-5-9(15)12(4,7-13)8-14/h9,14-15H,5-8H2,1-4H3/t9-,12-/m1/s1. The van der Waals surface area contributed by atoms with Crippen molar-refractivity contribution < 1.29 is 19.7 Å². The minimum atomic E-state index is -0.658. The molecule has 5 nitrogen and oxygen atoms in total. The molecule has 0 spiro atoms. The molecule has 2 N–H and O–H groups in total. The third kappa shape index (κ3) is 3.57. The predicted octanol–water partition coefficient (Wildman–Crippen LogP) is 0.987. The first-order valence-electron chi connectivity index (χ1n) is 5.95. The molecular weight excluding hydrogens is 222 g/mol. The molecule has 0 saturated carbocycles. The highest BCUT2D eigenvalue weighted by atomic mass is 16.6. The largest absolute Gasteiger partial charge is 0.444 e. The molecule has 1 aliphatic heterocycles. The Bertz CT molecular complexity index is 287. The molecule has 0 aliphatic carbocycles. The average Bonchev–Trinajstić information content (AvgIpc) is 2.19. The number of hydrogen-bond acceptors (Lipinski definition) is 4. The van der Waals surface area contributed by atoms with Gasteiger partial charge in [-0.1, -0.05) is 6.92 Å². The van der Waals surface area contributed by atoms with Crippen molar-refractivity contribution in [3.8, 4) is 0 Å². The number of rotatable bonds is 1. The van der Waals surface area contributed by atoms with Crippen molar-refractivity contribution in [2.75, 3.05) is 19.7 Å². The minimum absolute atomic E-state index is 0.145. The molecule has 5 heteroatoms. The number of carbonyl (C=O) groups is 1. The smallest absolute Gasteiger partial charge is 0.410 e. The maximum atomic E-state index is 11.9. The number of aliphatic hydroxyl groups is 2. The van der Waals surface area contributed by atoms with Crippen LogP contribution in [0, 0.1) is 5.41 Å². The van der Waals surface area contributed by atoms with E-state index in [2.05, 4.69) is 0 Å². The summed E-state index contributed by atoms with van der Waals surface area (Å²) >= 11 is 0. The zero-order valence-electron chi connectivity index (χ0n) is 11.1. The fourth-order valence-electron chi connectivity index (χ4n) is 1.88. The normalized spacial score (nSPS) is 30.2. The van der Waals surface area contributed by atoms with E-state index in [9.17, 15) is 15.0 Å². The molecule has 1 rings (SSSR count). The molecule has 0 bridgehead atoms. The van der Waals surface area contributed by atoms with Crippen LogP contribution >= 0.6 is 0 Å². The lowest BCUT2D eigenvalue weighted by Crippen LogP contribution is -2.54. The van der Waals surface area contributed by atoms with Crippen LogP contribution in [0.4, 0.5) is 4.79 Å². The second-order valence-electron chi connectivity index (χ2n) is 6.02. The van der Waals surface area contributed by atoms with E-state index in [4.69, 9.17) is 4.74 Å². The number of carbonyl (C=O) groups excluding carboxylic acids is 1. The number of likely N-dealkylation sites (tertiary alicyclic amines) is 1. The van der Waals surface area contributed by atoms with E-state index in [1.807, 2.05) is 20.8 Å². The summed E-state index contributed by atoms with van der Waals surface area (Å²) in [4.78, 5) is 13.4. The quantitative estimate of drug-likeness (QED) is 0.722. The Labute approximate surface area is 102 Å². The topological polar surface area (TPSA) is 70.0 Å². The molecule has 2 atom stereocenters. The van der Waals surface area contributed by atoms with Gasteiger partial charge in [0.25, 0.3) is 0 Å². The van der Waals surface area contributed by atoms with Crippen molar-refractivity contribution in [3.05, 3.63) is 0 Å². The number of hydrogen-bond donors (Lipinski definition) is 2. The first-order valence-corrected chi connectivity index (χ1v) is 5.95. The Balaban J connectivity index is 2.66. The molecule has 0 aromatic heterocycles. The second-order valence-corrected chi connectivity index (χ2v) is 6.02. The van der Waals surface area contributed by atoms with Crippen LogP contribution in [-0.4, -0.2) is 52.6 Å². The Kier molecular flexibility index (Phi) is 4.04. The number of piperidine rings is 1. The van der Waals surface area contributed by atoms with Crippen LogP contribution < -0.4 is 0 Å². The predicted molar refractivity (Wildman–Crippen MR) is 63.6 cm³/mol. The van der Waals surface area contributed by atoms with Crippen LogP contribution in [0.2, 0.25) is 0 Å². The van der Waals surface area contributed by atoms with Crippen molar-refractivity contribution in [2.45, 2.75) is 45.8 Å². The number of ether oxygens (including phenoxy) is 1. The molecule has 0 aromatic rings. The van der Waals surface area contributed by atoms with E-state index in [1.54, 1.807) is 11.8 Å². The van der Waals surface area contributed by atoms with E-state index in [1.165, 1.54) is 0 Å². The van der Waals surface area contributed by atoms with Crippen molar-refractivity contribution in [1.82, 2.24) is 4.90 Å². The highest BCUT2D eigenvalue weighted by molar-refractivity contribution is 5.68. The van der Waals surface area contributed by atoms with Gasteiger partial charge in [0.15, 0.2) is 0 Å². The molecule has 1 saturated heterocycles. The first kappa shape index (κ1) is 14.3. The summed E-state index contributed by atoms with van der Waals surface area (Å²) in [5.41, 5.74) is -1.18. The number of aliphatic hydroxyl groups excluding tert-OH is 2. The summed E-state index contributed by atoms with van der Waals surface area (Å²) in [6.07, 6.45) is -0.494. The molecule has 1 heterocycles. The molecule has 100 valence electrons. The van der Waals surface area contributed by atoms with Crippen molar-refractivity contribution in [1.29, 1.82) is 0 Å². The lowest BCUT2D eigenvalue weighted by Gasteiger charge is -2.42. The lowest BCUT2D eigenvalue weighted by molar-refractivity contribution is -0.0675. The van der Waals surface area contributed by atoms with Gasteiger partial charge < -0.3 is 19.8 Å². The van der Waals surface area contributed by atoms with Crippen LogP contribution in [0.5, 0.6) is 0 Å². The monoisotopic (exact) mass is 245 g/mol. The van der Waals surface area contributed by atoms with Gasteiger partial charge in [-0.15, -0.1) is 0 Å². The van der Waals surface area contributed by atoms with Gasteiger partial charge in [0.2, 0.25) is 0 Å². The summed E-state index contributed by atoms with van der Waals surface area (Å²) in [6, 6.07) is 0. The number of amides is 1. The van der Waals surface area contributed by atoms with E-state index in [-0.39, 0.29) is 12.7 Å². The summed E-state index contributed by atoms with van der Waals surface area (Å²) in [6.45, 7) is 7.85. The molecule has 1 aliphatic rings. The lowest BCUT2D eigenvalue weighted by atomic mass is 9.80. The second kappa shape index (κ2) is 4.82. The van der Waals surface area contributed by atoms with E-state index >= 15 is 0 Å². The molecule has 1 fully saturated rings. The van der Waals surface area contributed by atoms with Crippen LogP contribution in [0.25, 0.3) is 0 Å². The van der Waals surface area contributed by atoms with E-state index < -0.39 is 17.1 Å². The highest BCUT2D eigenvalue weighted by Crippen LogP contribution is 2.30. The van der Waals surface area contributed by atoms with Crippen molar-refractivity contribution in [2.24, 2.45) is 5.41 Å². The fraction of sp³-hybridized carbons (Fsp3) is 0.917. The molecule has 0 unspecified atom stereocenters. The van der Waals surface area contributed by atoms with Gasteiger partial charge in [-0.2, -0.15) is 0 Å².